The number of methoxy groups -OCH3 is 2. The summed E-state index contributed by atoms with van der Waals surface area (Å²) in [6.07, 6.45) is 5.49. The molecule has 0 N–H and O–H groups in total. The van der Waals surface area contributed by atoms with Gasteiger partial charge in [0.05, 0.1) is 19.6 Å². The Morgan fingerprint density at radius 2 is 0.770 bits per heavy atom. The van der Waals surface area contributed by atoms with Crippen molar-refractivity contribution in [2.24, 2.45) is 0 Å². The van der Waals surface area contributed by atoms with Crippen LogP contribution >= 0.6 is 0 Å². The molecule has 0 saturated carbocycles. The Labute approximate surface area is 399 Å². The number of fused-ring (bicyclic) bond motifs is 1. The Kier molecular flexibility index (Phi) is 16.3. The molecule has 3 rings (SSSR count). The number of hydrogen-bond donors (Lipinski definition) is 0. The summed E-state index contributed by atoms with van der Waals surface area (Å²) >= 11 is 0. The van der Waals surface area contributed by atoms with Crippen LogP contribution in [0, 0.1) is 19.3 Å². The van der Waals surface area contributed by atoms with Crippen LogP contribution in [0.15, 0.2) is 24.0 Å². The molecule has 44 heteroatoms. The lowest BCUT2D eigenvalue weighted by Gasteiger charge is -2.25. The average molecular weight is 1230 g/mol. The molecule has 0 spiro atoms. The van der Waals surface area contributed by atoms with E-state index in [-0.39, 0.29) is 20.1 Å². The van der Waals surface area contributed by atoms with E-state index in [2.05, 4.69) is 25.1 Å². The molecule has 0 amide bonds. The average Bonchev–Trinajstić information content (AvgIpc) is 3.17. The van der Waals surface area contributed by atoms with E-state index in [4.69, 9.17) is 15.9 Å². The van der Waals surface area contributed by atoms with Crippen molar-refractivity contribution in [1.82, 2.24) is 0 Å². The number of alkyl halides is 18. The van der Waals surface area contributed by atoms with Crippen molar-refractivity contribution in [1.29, 1.82) is 0 Å². The zero-order chi connectivity index (χ0) is 58.1. The summed E-state index contributed by atoms with van der Waals surface area (Å²) in [5, 5.41) is -5.35. The fourth-order valence-electron chi connectivity index (χ4n) is 5.14. The molecule has 0 heterocycles. The second kappa shape index (κ2) is 19.3. The maximum absolute atomic E-state index is 14.0. The SMILES string of the molecule is C#Cc1c(/C(OS(=O)(=O)C(F)(F)F)=C(\C)OS(=O)(=O)C(F)(F)F)c(C)cc(OC)c1-c1c(OC)cc(OS(=O)(=O)C(F)(F)F)c2c(OS(=O)(=O)C(F)(F)F)c(OS(=O)(=O)C(F)(F)F)cc(OS(=O)(=O)C(F)(F)F)c12. The Hall–Kier alpha value is -5.94. The highest BCUT2D eigenvalue weighted by Crippen LogP contribution is 2.58. The van der Waals surface area contributed by atoms with E-state index in [1.807, 2.05) is 0 Å². The van der Waals surface area contributed by atoms with Crippen molar-refractivity contribution in [2.75, 3.05) is 14.2 Å². The smallest absolute Gasteiger partial charge is 0.496 e. The van der Waals surface area contributed by atoms with Crippen LogP contribution in [0.5, 0.6) is 34.5 Å². The molecule has 0 aliphatic heterocycles. The van der Waals surface area contributed by atoms with Crippen LogP contribution < -0.4 is 26.2 Å². The number of halogens is 18. The minimum absolute atomic E-state index is 0.132. The Morgan fingerprint density at radius 3 is 1.14 bits per heavy atom. The van der Waals surface area contributed by atoms with Gasteiger partial charge in [-0.1, -0.05) is 5.92 Å². The molecule has 0 bridgehead atoms. The maximum Gasteiger partial charge on any atom is 0.534 e. The van der Waals surface area contributed by atoms with Crippen LogP contribution in [-0.4, -0.2) is 97.8 Å². The van der Waals surface area contributed by atoms with E-state index in [0.717, 1.165) is 0 Å². The first-order valence-electron chi connectivity index (χ1n) is 16.8. The van der Waals surface area contributed by atoms with Gasteiger partial charge in [0.1, 0.15) is 11.5 Å². The quantitative estimate of drug-likeness (QED) is 0.0452. The van der Waals surface area contributed by atoms with E-state index in [9.17, 15) is 130 Å². The molecule has 3 aromatic carbocycles. The molecule has 3 aromatic rings. The van der Waals surface area contributed by atoms with Crippen LogP contribution in [0.2, 0.25) is 0 Å². The van der Waals surface area contributed by atoms with Gasteiger partial charge < -0.3 is 34.6 Å². The molecule has 418 valence electrons. The molecule has 0 fully saturated rings. The third kappa shape index (κ3) is 12.1. The van der Waals surface area contributed by atoms with E-state index in [1.165, 1.54) is 5.92 Å². The monoisotopic (exact) mass is 1230 g/mol. The van der Waals surface area contributed by atoms with Gasteiger partial charge >= 0.3 is 93.8 Å². The lowest BCUT2D eigenvalue weighted by molar-refractivity contribution is -0.0531. The predicted molar refractivity (Wildman–Crippen MR) is 202 cm³/mol. The number of ether oxygens (including phenoxy) is 2. The zero-order valence-corrected chi connectivity index (χ0v) is 39.6. The number of hydrogen-bond acceptors (Lipinski definition) is 20. The first-order chi connectivity index (χ1) is 32.7. The standard InChI is InChI=1S/C30H16F18O20S6/c1-6-12-18(23(67-73(57,58)29(43,44)45)11(3)63-69(49,50)25(31,32)33)10(2)7-13(61-4)19(12)20-14(62-5)8-16(65-71(53,54)27(37,38)39)22-21(20)15(64-70(51,52)26(34,35)36)9-17(66-72(55,56)28(40,41)42)24(22)68-74(59,60)30(46,47)48/h1,7-9H,2-5H3/b23-11-. The predicted octanol–water partition coefficient (Wildman–Crippen LogP) is 7.15. The minimum Gasteiger partial charge on any atom is -0.496 e. The second-order valence-electron chi connectivity index (χ2n) is 12.9. The summed E-state index contributed by atoms with van der Waals surface area (Å²) < 4.78 is 429. The largest absolute Gasteiger partial charge is 0.534 e. The Morgan fingerprint density at radius 1 is 0.446 bits per heavy atom. The summed E-state index contributed by atoms with van der Waals surface area (Å²) in [6, 6.07) is -1.53. The topological polar surface area (TPSA) is 279 Å². The third-order valence-electron chi connectivity index (χ3n) is 8.00. The van der Waals surface area contributed by atoms with Crippen LogP contribution in [0.4, 0.5) is 79.0 Å². The van der Waals surface area contributed by atoms with E-state index in [1.54, 1.807) is 0 Å². The molecule has 74 heavy (non-hydrogen) atoms. The molecule has 0 radical (unpaired) electrons. The molecule has 0 saturated heterocycles. The lowest BCUT2D eigenvalue weighted by Crippen LogP contribution is -2.31. The third-order valence-corrected chi connectivity index (χ3v) is 13.8. The highest BCUT2D eigenvalue weighted by Gasteiger charge is 2.55. The number of benzene rings is 3. The van der Waals surface area contributed by atoms with Crippen LogP contribution in [-0.2, 0) is 69.1 Å². The van der Waals surface area contributed by atoms with E-state index < -0.39 is 190 Å². The van der Waals surface area contributed by atoms with Gasteiger partial charge in [-0.05, 0) is 25.5 Å². The first kappa shape index (κ1) is 62.4. The minimum atomic E-state index is -7.85. The number of rotatable bonds is 16. The zero-order valence-electron chi connectivity index (χ0n) is 34.7. The normalized spacial score (nSPS) is 14.4. The molecule has 0 atom stereocenters. The van der Waals surface area contributed by atoms with Crippen LogP contribution in [0.1, 0.15) is 23.6 Å². The lowest BCUT2D eigenvalue weighted by atomic mass is 9.87. The fourth-order valence-corrected chi connectivity index (χ4v) is 8.01. The number of allylic oxidation sites excluding steroid dienone is 1. The molecular weight excluding hydrogens is 1210 g/mol. The molecule has 0 aliphatic rings. The van der Waals surface area contributed by atoms with Crippen molar-refractivity contribution in [3.63, 3.8) is 0 Å². The van der Waals surface area contributed by atoms with Crippen molar-refractivity contribution < 1.29 is 164 Å². The summed E-state index contributed by atoms with van der Waals surface area (Å²) in [4.78, 5) is 0. The molecule has 0 aromatic heterocycles. The van der Waals surface area contributed by atoms with Crippen molar-refractivity contribution in [3.8, 4) is 58.0 Å². The van der Waals surface area contributed by atoms with Crippen molar-refractivity contribution in [2.45, 2.75) is 46.9 Å². The molecule has 20 nitrogen and oxygen atoms in total. The van der Waals surface area contributed by atoms with Crippen molar-refractivity contribution in [3.05, 3.63) is 40.6 Å². The van der Waals surface area contributed by atoms with Gasteiger partial charge in [0, 0.05) is 39.8 Å². The van der Waals surface area contributed by atoms with Gasteiger partial charge in [0.2, 0.25) is 0 Å². The summed E-state index contributed by atoms with van der Waals surface area (Å²) in [5.41, 5.74) is -49.6. The summed E-state index contributed by atoms with van der Waals surface area (Å²) in [7, 11) is -44.9. The van der Waals surface area contributed by atoms with Gasteiger partial charge in [0.15, 0.2) is 34.5 Å². The van der Waals surface area contributed by atoms with Gasteiger partial charge in [-0.25, -0.2) is 0 Å². The summed E-state index contributed by atoms with van der Waals surface area (Å²) in [5.74, 6) is -18.4. The van der Waals surface area contributed by atoms with Gasteiger partial charge in [0.25, 0.3) is 0 Å². The second-order valence-corrected chi connectivity index (χ2v) is 22.1. The Bertz CT molecular complexity index is 3550. The van der Waals surface area contributed by atoms with Crippen LogP contribution in [0.25, 0.3) is 27.7 Å². The fraction of sp³-hybridized carbons (Fsp3) is 0.333. The van der Waals surface area contributed by atoms with Gasteiger partial charge in [-0.2, -0.15) is 130 Å². The van der Waals surface area contributed by atoms with E-state index >= 15 is 0 Å². The molecule has 0 unspecified atom stereocenters. The first-order valence-corrected chi connectivity index (χ1v) is 25.3. The highest BCUT2D eigenvalue weighted by atomic mass is 32.2. The van der Waals surface area contributed by atoms with Gasteiger partial charge in [-0.3, -0.25) is 0 Å². The van der Waals surface area contributed by atoms with E-state index in [0.29, 0.717) is 14.0 Å². The van der Waals surface area contributed by atoms with Crippen molar-refractivity contribution >= 4 is 77.2 Å². The van der Waals surface area contributed by atoms with Gasteiger partial charge in [-0.15, -0.1) is 6.42 Å². The van der Waals surface area contributed by atoms with Crippen LogP contribution in [0.3, 0.4) is 0 Å². The highest BCUT2D eigenvalue weighted by molar-refractivity contribution is 7.89. The maximum atomic E-state index is 14.0. The molecular formula is C30H16F18O20S6. The molecule has 0 aliphatic carbocycles. The number of aryl methyl sites for hydroxylation is 1. The number of terminal acetylenes is 1. The Balaban J connectivity index is 3.21. The summed E-state index contributed by atoms with van der Waals surface area (Å²) in [6.45, 7) is 0.363.